The van der Waals surface area contributed by atoms with Gasteiger partial charge in [0.05, 0.1) is 24.0 Å². The summed E-state index contributed by atoms with van der Waals surface area (Å²) in [6, 6.07) is 4.33. The van der Waals surface area contributed by atoms with Crippen LogP contribution in [0.1, 0.15) is 13.8 Å². The van der Waals surface area contributed by atoms with Crippen LogP contribution in [-0.2, 0) is 4.74 Å². The molecule has 1 fully saturated rings. The van der Waals surface area contributed by atoms with Gasteiger partial charge in [-0.15, -0.1) is 0 Å². The van der Waals surface area contributed by atoms with E-state index in [1.165, 1.54) is 0 Å². The highest BCUT2D eigenvalue weighted by atomic mass is 16.5. The SMILES string of the molecule is CC12C=CC(C)(O1)[C@@H](C#N)[C@H]2C#N. The van der Waals surface area contributed by atoms with Crippen molar-refractivity contribution in [1.29, 1.82) is 10.5 Å². The number of nitriles is 2. The molecule has 0 N–H and O–H groups in total. The Bertz CT molecular complexity index is 328. The zero-order valence-corrected chi connectivity index (χ0v) is 7.61. The summed E-state index contributed by atoms with van der Waals surface area (Å²) in [7, 11) is 0. The van der Waals surface area contributed by atoms with Crippen molar-refractivity contribution < 1.29 is 4.74 Å². The molecule has 3 heteroatoms. The first-order valence-electron chi connectivity index (χ1n) is 4.25. The number of ether oxygens (including phenoxy) is 1. The average Bonchev–Trinajstić information content (AvgIpc) is 2.49. The molecule has 0 amide bonds. The maximum absolute atomic E-state index is 8.95. The molecule has 2 heterocycles. The predicted octanol–water partition coefficient (Wildman–Crippen LogP) is 1.38. The highest BCUT2D eigenvalue weighted by Gasteiger charge is 2.60. The van der Waals surface area contributed by atoms with Gasteiger partial charge in [-0.25, -0.2) is 0 Å². The topological polar surface area (TPSA) is 56.8 Å². The van der Waals surface area contributed by atoms with Crippen molar-refractivity contribution in [3.05, 3.63) is 12.2 Å². The summed E-state index contributed by atoms with van der Waals surface area (Å²) in [4.78, 5) is 0. The summed E-state index contributed by atoms with van der Waals surface area (Å²) in [6.07, 6.45) is 3.80. The third-order valence-corrected chi connectivity index (χ3v) is 3.03. The quantitative estimate of drug-likeness (QED) is 0.521. The van der Waals surface area contributed by atoms with Crippen LogP contribution in [0.2, 0.25) is 0 Å². The Balaban J connectivity index is 2.51. The molecule has 2 aliphatic rings. The number of rotatable bonds is 0. The molecule has 0 aromatic rings. The molecule has 0 radical (unpaired) electrons. The van der Waals surface area contributed by atoms with Crippen molar-refractivity contribution in [3.63, 3.8) is 0 Å². The van der Waals surface area contributed by atoms with E-state index in [9.17, 15) is 0 Å². The molecule has 66 valence electrons. The third kappa shape index (κ3) is 0.802. The standard InChI is InChI=1S/C10H10N2O/c1-9-3-4-10(2,13-9)8(6-12)7(9)5-11/h3-4,7-8H,1-2H3/t7-,8+,9?,10?. The second kappa shape index (κ2) is 2.13. The van der Waals surface area contributed by atoms with Crippen LogP contribution >= 0.6 is 0 Å². The molecule has 2 bridgehead atoms. The van der Waals surface area contributed by atoms with E-state index in [1.54, 1.807) is 0 Å². The minimum Gasteiger partial charge on any atom is -0.358 e. The first-order chi connectivity index (χ1) is 6.06. The Morgan fingerprint density at radius 1 is 1.08 bits per heavy atom. The number of hydrogen-bond acceptors (Lipinski definition) is 3. The number of fused-ring (bicyclic) bond motifs is 2. The van der Waals surface area contributed by atoms with E-state index in [-0.39, 0.29) is 11.8 Å². The Morgan fingerprint density at radius 2 is 1.46 bits per heavy atom. The molecule has 2 unspecified atom stereocenters. The molecule has 2 aliphatic heterocycles. The summed E-state index contributed by atoms with van der Waals surface area (Å²) in [5.74, 6) is -0.681. The van der Waals surface area contributed by atoms with Crippen LogP contribution in [0.25, 0.3) is 0 Å². The highest BCUT2D eigenvalue weighted by molar-refractivity contribution is 5.33. The normalized spacial score (nSPS) is 51.7. The summed E-state index contributed by atoms with van der Waals surface area (Å²) in [5, 5.41) is 17.9. The van der Waals surface area contributed by atoms with E-state index < -0.39 is 11.2 Å². The van der Waals surface area contributed by atoms with Gasteiger partial charge in [0.1, 0.15) is 11.2 Å². The molecule has 0 aromatic carbocycles. The molecule has 1 saturated heterocycles. The van der Waals surface area contributed by atoms with Gasteiger partial charge < -0.3 is 4.74 Å². The monoisotopic (exact) mass is 174 g/mol. The first kappa shape index (κ1) is 8.29. The summed E-state index contributed by atoms with van der Waals surface area (Å²) in [6.45, 7) is 3.72. The molecule has 4 atom stereocenters. The lowest BCUT2D eigenvalue weighted by atomic mass is 9.73. The summed E-state index contributed by atoms with van der Waals surface area (Å²) in [5.41, 5.74) is -1.10. The number of nitrogens with zero attached hydrogens (tertiary/aromatic N) is 2. The largest absolute Gasteiger partial charge is 0.358 e. The number of hydrogen-bond donors (Lipinski definition) is 0. The molecule has 3 nitrogen and oxygen atoms in total. The summed E-state index contributed by atoms with van der Waals surface area (Å²) >= 11 is 0. The van der Waals surface area contributed by atoms with E-state index in [4.69, 9.17) is 15.3 Å². The molecule has 0 aromatic heterocycles. The van der Waals surface area contributed by atoms with Crippen LogP contribution < -0.4 is 0 Å². The van der Waals surface area contributed by atoms with Crippen molar-refractivity contribution in [1.82, 2.24) is 0 Å². The fourth-order valence-corrected chi connectivity index (χ4v) is 2.27. The van der Waals surface area contributed by atoms with Crippen LogP contribution in [0.3, 0.4) is 0 Å². The van der Waals surface area contributed by atoms with E-state index >= 15 is 0 Å². The maximum Gasteiger partial charge on any atom is 0.102 e. The highest BCUT2D eigenvalue weighted by Crippen LogP contribution is 2.52. The minimum absolute atomic E-state index is 0.340. The van der Waals surface area contributed by atoms with Crippen molar-refractivity contribution >= 4 is 0 Å². The van der Waals surface area contributed by atoms with Crippen LogP contribution in [0.4, 0.5) is 0 Å². The molecule has 0 spiro atoms. The van der Waals surface area contributed by atoms with Gasteiger partial charge in [0.2, 0.25) is 0 Å². The zero-order chi connectivity index (χ0) is 9.69. The molecular formula is C10H10N2O. The lowest BCUT2D eigenvalue weighted by Crippen LogP contribution is -2.32. The molecule has 0 saturated carbocycles. The van der Waals surface area contributed by atoms with Gasteiger partial charge in [0, 0.05) is 0 Å². The fraction of sp³-hybridized carbons (Fsp3) is 0.600. The smallest absolute Gasteiger partial charge is 0.102 e. The van der Waals surface area contributed by atoms with E-state index in [2.05, 4.69) is 12.1 Å². The lowest BCUT2D eigenvalue weighted by Gasteiger charge is -2.22. The van der Waals surface area contributed by atoms with Crippen LogP contribution in [-0.4, -0.2) is 11.2 Å². The zero-order valence-electron chi connectivity index (χ0n) is 7.61. The molecule has 0 aliphatic carbocycles. The Morgan fingerprint density at radius 3 is 1.77 bits per heavy atom. The summed E-state index contributed by atoms with van der Waals surface area (Å²) < 4.78 is 5.70. The Hall–Kier alpha value is -1.32. The maximum atomic E-state index is 8.95. The van der Waals surface area contributed by atoms with Gasteiger partial charge >= 0.3 is 0 Å². The Labute approximate surface area is 77.2 Å². The van der Waals surface area contributed by atoms with E-state index in [1.807, 2.05) is 26.0 Å². The van der Waals surface area contributed by atoms with Gasteiger partial charge in [0.15, 0.2) is 0 Å². The van der Waals surface area contributed by atoms with E-state index in [0.717, 1.165) is 0 Å². The van der Waals surface area contributed by atoms with Crippen LogP contribution in [0.5, 0.6) is 0 Å². The minimum atomic E-state index is -0.552. The van der Waals surface area contributed by atoms with Gasteiger partial charge in [0.25, 0.3) is 0 Å². The fourth-order valence-electron chi connectivity index (χ4n) is 2.27. The Kier molecular flexibility index (Phi) is 1.36. The second-order valence-corrected chi connectivity index (χ2v) is 4.02. The molecule has 2 rings (SSSR count). The molecular weight excluding hydrogens is 164 g/mol. The van der Waals surface area contributed by atoms with Crippen molar-refractivity contribution in [2.45, 2.75) is 25.0 Å². The van der Waals surface area contributed by atoms with Gasteiger partial charge in [-0.2, -0.15) is 10.5 Å². The van der Waals surface area contributed by atoms with Crippen LogP contribution in [0.15, 0.2) is 12.2 Å². The third-order valence-electron chi connectivity index (χ3n) is 3.03. The average molecular weight is 174 g/mol. The van der Waals surface area contributed by atoms with Crippen molar-refractivity contribution in [2.75, 3.05) is 0 Å². The van der Waals surface area contributed by atoms with Crippen molar-refractivity contribution in [2.24, 2.45) is 11.8 Å². The first-order valence-corrected chi connectivity index (χ1v) is 4.25. The van der Waals surface area contributed by atoms with Gasteiger partial charge in [-0.3, -0.25) is 0 Å². The lowest BCUT2D eigenvalue weighted by molar-refractivity contribution is -0.0205. The van der Waals surface area contributed by atoms with Crippen LogP contribution in [0, 0.1) is 34.5 Å². The van der Waals surface area contributed by atoms with Gasteiger partial charge in [-0.1, -0.05) is 12.2 Å². The van der Waals surface area contributed by atoms with Gasteiger partial charge in [-0.05, 0) is 13.8 Å². The molecule has 13 heavy (non-hydrogen) atoms. The predicted molar refractivity (Wildman–Crippen MR) is 45.2 cm³/mol. The van der Waals surface area contributed by atoms with Crippen molar-refractivity contribution in [3.8, 4) is 12.1 Å². The van der Waals surface area contributed by atoms with E-state index in [0.29, 0.717) is 0 Å². The second-order valence-electron chi connectivity index (χ2n) is 4.02.